The van der Waals surface area contributed by atoms with Crippen molar-refractivity contribution in [2.75, 3.05) is 17.3 Å². The van der Waals surface area contributed by atoms with E-state index in [9.17, 15) is 9.59 Å². The predicted octanol–water partition coefficient (Wildman–Crippen LogP) is 3.75. The van der Waals surface area contributed by atoms with Crippen molar-refractivity contribution >= 4 is 40.3 Å². The number of thioether (sulfide) groups is 1. The molecule has 7 heteroatoms. The minimum absolute atomic E-state index is 0.144. The molecule has 140 valence electrons. The zero-order valence-corrected chi connectivity index (χ0v) is 16.1. The molecule has 0 aliphatic heterocycles. The van der Waals surface area contributed by atoms with Gasteiger partial charge < -0.3 is 15.6 Å². The summed E-state index contributed by atoms with van der Waals surface area (Å²) in [6, 6.07) is 14.4. The van der Waals surface area contributed by atoms with Crippen LogP contribution in [-0.4, -0.2) is 33.8 Å². The predicted molar refractivity (Wildman–Crippen MR) is 110 cm³/mol. The van der Waals surface area contributed by atoms with E-state index in [1.165, 1.54) is 6.92 Å². The van der Waals surface area contributed by atoms with Crippen molar-refractivity contribution in [3.05, 3.63) is 59.9 Å². The van der Waals surface area contributed by atoms with Crippen molar-refractivity contribution in [3.63, 3.8) is 0 Å². The Kier molecular flexibility index (Phi) is 6.13. The average molecular weight is 382 g/mol. The average Bonchev–Trinajstić information content (AvgIpc) is 3.09. The van der Waals surface area contributed by atoms with Gasteiger partial charge in [-0.3, -0.25) is 9.59 Å². The van der Waals surface area contributed by atoms with E-state index in [-0.39, 0.29) is 17.9 Å². The molecular formula is C20H22N4O2S. The molecule has 0 aliphatic rings. The number of benzene rings is 2. The van der Waals surface area contributed by atoms with Crippen LogP contribution in [0.2, 0.25) is 0 Å². The van der Waals surface area contributed by atoms with Crippen LogP contribution in [0.25, 0.3) is 11.0 Å². The number of amides is 2. The highest BCUT2D eigenvalue weighted by atomic mass is 32.2. The standard InChI is InChI=1S/C20H22N4O2S/c1-13(25)21-15-9-7-14(8-10-15)20(26)24-18(11-12-27-2)19-22-16-5-3-4-6-17(16)23-19/h3-10,18H,11-12H2,1-2H3,(H,21,25)(H,22,23)(H,24,26)/t18-/m0/s1. The summed E-state index contributed by atoms with van der Waals surface area (Å²) in [5.41, 5.74) is 3.04. The summed E-state index contributed by atoms with van der Waals surface area (Å²) in [6.07, 6.45) is 2.81. The van der Waals surface area contributed by atoms with Crippen LogP contribution < -0.4 is 10.6 Å². The minimum atomic E-state index is -0.202. The summed E-state index contributed by atoms with van der Waals surface area (Å²) in [4.78, 5) is 31.7. The molecule has 0 unspecified atom stereocenters. The molecule has 2 amide bonds. The maximum Gasteiger partial charge on any atom is 0.251 e. The van der Waals surface area contributed by atoms with Gasteiger partial charge in [0.1, 0.15) is 5.82 Å². The normalized spacial score (nSPS) is 11.9. The molecule has 1 heterocycles. The quantitative estimate of drug-likeness (QED) is 0.581. The monoisotopic (exact) mass is 382 g/mol. The lowest BCUT2D eigenvalue weighted by Crippen LogP contribution is -2.29. The fourth-order valence-electron chi connectivity index (χ4n) is 2.80. The van der Waals surface area contributed by atoms with E-state index in [2.05, 4.69) is 20.6 Å². The number of fused-ring (bicyclic) bond motifs is 1. The van der Waals surface area contributed by atoms with Gasteiger partial charge in [0, 0.05) is 18.2 Å². The number of aromatic nitrogens is 2. The second kappa shape index (κ2) is 8.73. The van der Waals surface area contributed by atoms with E-state index >= 15 is 0 Å². The van der Waals surface area contributed by atoms with Gasteiger partial charge in [-0.1, -0.05) is 12.1 Å². The van der Waals surface area contributed by atoms with E-state index in [1.54, 1.807) is 36.0 Å². The molecule has 6 nitrogen and oxygen atoms in total. The van der Waals surface area contributed by atoms with Gasteiger partial charge in [-0.05, 0) is 54.8 Å². The number of anilines is 1. The molecule has 0 radical (unpaired) electrons. The largest absolute Gasteiger partial charge is 0.342 e. The van der Waals surface area contributed by atoms with Crippen LogP contribution in [0.5, 0.6) is 0 Å². The van der Waals surface area contributed by atoms with E-state index < -0.39 is 0 Å². The number of hydrogen-bond acceptors (Lipinski definition) is 4. The number of hydrogen-bond donors (Lipinski definition) is 3. The summed E-state index contributed by atoms with van der Waals surface area (Å²) >= 11 is 1.73. The molecule has 1 atom stereocenters. The number of H-pyrrole nitrogens is 1. The first kappa shape index (κ1) is 19.0. The molecule has 3 rings (SSSR count). The molecule has 0 saturated heterocycles. The fraction of sp³-hybridized carbons (Fsp3) is 0.250. The minimum Gasteiger partial charge on any atom is -0.342 e. The summed E-state index contributed by atoms with van der Waals surface area (Å²) in [5, 5.41) is 5.76. The lowest BCUT2D eigenvalue weighted by Gasteiger charge is -2.16. The Hall–Kier alpha value is -2.80. The van der Waals surface area contributed by atoms with Gasteiger partial charge >= 0.3 is 0 Å². The Morgan fingerprint density at radius 2 is 1.89 bits per heavy atom. The fourth-order valence-corrected chi connectivity index (χ4v) is 3.27. The van der Waals surface area contributed by atoms with E-state index in [0.717, 1.165) is 29.0 Å². The van der Waals surface area contributed by atoms with Crippen LogP contribution in [0.1, 0.15) is 35.6 Å². The molecule has 1 aromatic heterocycles. The van der Waals surface area contributed by atoms with Crippen molar-refractivity contribution < 1.29 is 9.59 Å². The number of rotatable bonds is 7. The second-order valence-corrected chi connectivity index (χ2v) is 7.19. The number of para-hydroxylation sites is 2. The Morgan fingerprint density at radius 1 is 1.15 bits per heavy atom. The molecule has 3 aromatic rings. The Labute approximate surface area is 162 Å². The van der Waals surface area contributed by atoms with Gasteiger partial charge in [-0.15, -0.1) is 0 Å². The molecule has 2 aromatic carbocycles. The van der Waals surface area contributed by atoms with Crippen molar-refractivity contribution in [3.8, 4) is 0 Å². The third kappa shape index (κ3) is 4.89. The number of nitrogens with one attached hydrogen (secondary N) is 3. The SMILES string of the molecule is CSCC[C@H](NC(=O)c1ccc(NC(C)=O)cc1)c1nc2ccccc2[nH]1. The lowest BCUT2D eigenvalue weighted by atomic mass is 10.1. The highest BCUT2D eigenvalue weighted by Crippen LogP contribution is 2.21. The van der Waals surface area contributed by atoms with Crippen LogP contribution in [0.3, 0.4) is 0 Å². The molecule has 0 aliphatic carbocycles. The van der Waals surface area contributed by atoms with Gasteiger partial charge in [-0.2, -0.15) is 11.8 Å². The third-order valence-electron chi connectivity index (χ3n) is 4.12. The third-order valence-corrected chi connectivity index (χ3v) is 4.77. The summed E-state index contributed by atoms with van der Waals surface area (Å²) < 4.78 is 0. The van der Waals surface area contributed by atoms with Gasteiger partial charge in [0.25, 0.3) is 5.91 Å². The first-order chi connectivity index (χ1) is 13.1. The van der Waals surface area contributed by atoms with E-state index in [4.69, 9.17) is 0 Å². The molecule has 3 N–H and O–H groups in total. The highest BCUT2D eigenvalue weighted by Gasteiger charge is 2.19. The van der Waals surface area contributed by atoms with Crippen molar-refractivity contribution in [2.24, 2.45) is 0 Å². The van der Waals surface area contributed by atoms with Crippen LogP contribution in [0.15, 0.2) is 48.5 Å². The molecule has 0 fully saturated rings. The van der Waals surface area contributed by atoms with Gasteiger partial charge in [0.2, 0.25) is 5.91 Å². The summed E-state index contributed by atoms with van der Waals surface area (Å²) in [6.45, 7) is 1.45. The number of carbonyl (C=O) groups is 2. The first-order valence-electron chi connectivity index (χ1n) is 8.69. The smallest absolute Gasteiger partial charge is 0.251 e. The van der Waals surface area contributed by atoms with E-state index in [1.807, 2.05) is 30.5 Å². The zero-order valence-electron chi connectivity index (χ0n) is 15.3. The van der Waals surface area contributed by atoms with Gasteiger partial charge in [-0.25, -0.2) is 4.98 Å². The van der Waals surface area contributed by atoms with Crippen LogP contribution in [0, 0.1) is 0 Å². The molecular weight excluding hydrogens is 360 g/mol. The molecule has 0 bridgehead atoms. The summed E-state index contributed by atoms with van der Waals surface area (Å²) in [5.74, 6) is 1.35. The Bertz CT molecular complexity index is 904. The maximum atomic E-state index is 12.7. The van der Waals surface area contributed by atoms with E-state index in [0.29, 0.717) is 11.3 Å². The molecule has 0 spiro atoms. The van der Waals surface area contributed by atoms with Crippen molar-refractivity contribution in [1.29, 1.82) is 0 Å². The van der Waals surface area contributed by atoms with Crippen LogP contribution in [-0.2, 0) is 4.79 Å². The van der Waals surface area contributed by atoms with Gasteiger partial charge in [0.05, 0.1) is 17.1 Å². The first-order valence-corrected chi connectivity index (χ1v) is 10.1. The Morgan fingerprint density at radius 3 is 2.56 bits per heavy atom. The number of imidazole rings is 1. The number of aromatic amines is 1. The van der Waals surface area contributed by atoms with Crippen molar-refractivity contribution in [1.82, 2.24) is 15.3 Å². The van der Waals surface area contributed by atoms with Crippen LogP contribution in [0.4, 0.5) is 5.69 Å². The van der Waals surface area contributed by atoms with Gasteiger partial charge in [0.15, 0.2) is 0 Å². The lowest BCUT2D eigenvalue weighted by molar-refractivity contribution is -0.114. The van der Waals surface area contributed by atoms with Crippen molar-refractivity contribution in [2.45, 2.75) is 19.4 Å². The molecule has 0 saturated carbocycles. The molecule has 27 heavy (non-hydrogen) atoms. The number of carbonyl (C=O) groups excluding carboxylic acids is 2. The Balaban J connectivity index is 1.77. The van der Waals surface area contributed by atoms with Crippen LogP contribution >= 0.6 is 11.8 Å². The topological polar surface area (TPSA) is 86.9 Å². The number of nitrogens with zero attached hydrogens (tertiary/aromatic N) is 1. The summed E-state index contributed by atoms with van der Waals surface area (Å²) in [7, 11) is 0. The maximum absolute atomic E-state index is 12.7. The zero-order chi connectivity index (χ0) is 19.2. The second-order valence-electron chi connectivity index (χ2n) is 6.21. The highest BCUT2D eigenvalue weighted by molar-refractivity contribution is 7.98.